The summed E-state index contributed by atoms with van der Waals surface area (Å²) in [5.41, 5.74) is 8.28. The van der Waals surface area contributed by atoms with Crippen molar-refractivity contribution in [2.24, 2.45) is 7.05 Å². The van der Waals surface area contributed by atoms with Gasteiger partial charge in [0.15, 0.2) is 0 Å². The van der Waals surface area contributed by atoms with Crippen LogP contribution in [0.4, 0.5) is 10.1 Å². The summed E-state index contributed by atoms with van der Waals surface area (Å²) in [5.74, 6) is -0.392. The lowest BCUT2D eigenvalue weighted by atomic mass is 9.87. The van der Waals surface area contributed by atoms with Crippen LogP contribution in [0.3, 0.4) is 0 Å². The number of nitrogens with two attached hydrogens (primary N) is 1. The lowest BCUT2D eigenvalue weighted by molar-refractivity contribution is 0.554. The number of benzene rings is 1. The van der Waals surface area contributed by atoms with Crippen LogP contribution >= 0.6 is 0 Å². The molecular formula is C14H18FN3. The van der Waals surface area contributed by atoms with E-state index in [0.717, 1.165) is 16.8 Å². The molecule has 0 saturated carbocycles. The minimum absolute atomic E-state index is 0.0888. The molecule has 3 nitrogen and oxygen atoms in total. The van der Waals surface area contributed by atoms with Crippen molar-refractivity contribution in [3.63, 3.8) is 0 Å². The summed E-state index contributed by atoms with van der Waals surface area (Å²) in [7, 11) is 1.87. The van der Waals surface area contributed by atoms with Gasteiger partial charge in [0, 0.05) is 24.2 Å². The van der Waals surface area contributed by atoms with E-state index in [4.69, 9.17) is 5.73 Å². The Kier molecular flexibility index (Phi) is 2.89. The van der Waals surface area contributed by atoms with Gasteiger partial charge in [-0.3, -0.25) is 4.68 Å². The maximum Gasteiger partial charge on any atom is 0.146 e. The van der Waals surface area contributed by atoms with Crippen LogP contribution in [0.1, 0.15) is 26.5 Å². The van der Waals surface area contributed by atoms with Gasteiger partial charge < -0.3 is 5.73 Å². The lowest BCUT2D eigenvalue weighted by Gasteiger charge is -2.17. The molecule has 0 radical (unpaired) electrons. The van der Waals surface area contributed by atoms with Crippen molar-refractivity contribution in [2.75, 3.05) is 5.73 Å². The third-order valence-corrected chi connectivity index (χ3v) is 2.85. The molecule has 0 atom stereocenters. The zero-order chi connectivity index (χ0) is 13.5. The molecule has 1 aromatic heterocycles. The number of nitrogens with zero attached hydrogens (tertiary/aromatic N) is 2. The highest BCUT2D eigenvalue weighted by atomic mass is 19.1. The Labute approximate surface area is 106 Å². The van der Waals surface area contributed by atoms with E-state index in [2.05, 4.69) is 25.9 Å². The molecule has 0 aliphatic heterocycles. The van der Waals surface area contributed by atoms with Crippen molar-refractivity contribution in [1.29, 1.82) is 0 Å². The Hall–Kier alpha value is -1.84. The summed E-state index contributed by atoms with van der Waals surface area (Å²) in [4.78, 5) is 0. The SMILES string of the molecule is Cn1cc(-c2ccc(N)c(F)c2)c(C(C)(C)C)n1. The summed E-state index contributed by atoms with van der Waals surface area (Å²) in [6, 6.07) is 4.87. The number of nitrogen functional groups attached to an aromatic ring is 1. The summed E-state index contributed by atoms with van der Waals surface area (Å²) in [6.45, 7) is 6.27. The van der Waals surface area contributed by atoms with Crippen LogP contribution < -0.4 is 5.73 Å². The molecule has 1 heterocycles. The number of hydrogen-bond acceptors (Lipinski definition) is 2. The highest BCUT2D eigenvalue weighted by molar-refractivity contribution is 5.68. The second kappa shape index (κ2) is 4.12. The van der Waals surface area contributed by atoms with E-state index < -0.39 is 5.82 Å². The molecule has 0 aliphatic rings. The Morgan fingerprint density at radius 3 is 2.50 bits per heavy atom. The van der Waals surface area contributed by atoms with Gasteiger partial charge in [-0.05, 0) is 17.7 Å². The Bertz CT molecular complexity index is 579. The van der Waals surface area contributed by atoms with Crippen molar-refractivity contribution < 1.29 is 4.39 Å². The molecule has 4 heteroatoms. The molecule has 1 aromatic carbocycles. The van der Waals surface area contributed by atoms with Crippen molar-refractivity contribution in [3.05, 3.63) is 35.9 Å². The third-order valence-electron chi connectivity index (χ3n) is 2.85. The predicted molar refractivity (Wildman–Crippen MR) is 71.7 cm³/mol. The molecular weight excluding hydrogens is 229 g/mol. The second-order valence-corrected chi connectivity index (χ2v) is 5.55. The average Bonchev–Trinajstić information content (AvgIpc) is 2.64. The first-order chi connectivity index (χ1) is 8.29. The quantitative estimate of drug-likeness (QED) is 0.787. The number of halogens is 1. The van der Waals surface area contributed by atoms with Gasteiger partial charge in [-0.2, -0.15) is 5.10 Å². The van der Waals surface area contributed by atoms with Crippen molar-refractivity contribution >= 4 is 5.69 Å². The number of hydrogen-bond donors (Lipinski definition) is 1. The van der Waals surface area contributed by atoms with Crippen LogP contribution in [-0.4, -0.2) is 9.78 Å². The fraction of sp³-hybridized carbons (Fsp3) is 0.357. The van der Waals surface area contributed by atoms with Gasteiger partial charge in [-0.15, -0.1) is 0 Å². The number of anilines is 1. The van der Waals surface area contributed by atoms with E-state index in [1.165, 1.54) is 6.07 Å². The molecule has 0 unspecified atom stereocenters. The van der Waals surface area contributed by atoms with Crippen molar-refractivity contribution in [2.45, 2.75) is 26.2 Å². The first kappa shape index (κ1) is 12.6. The van der Waals surface area contributed by atoms with Crippen molar-refractivity contribution in [3.8, 4) is 11.1 Å². The van der Waals surface area contributed by atoms with Gasteiger partial charge in [0.25, 0.3) is 0 Å². The Balaban J connectivity index is 2.60. The van der Waals surface area contributed by atoms with Gasteiger partial charge in [0.1, 0.15) is 5.82 Å². The summed E-state index contributed by atoms with van der Waals surface area (Å²) in [5, 5.41) is 4.47. The van der Waals surface area contributed by atoms with Crippen LogP contribution in [0.25, 0.3) is 11.1 Å². The fourth-order valence-corrected chi connectivity index (χ4v) is 1.95. The highest BCUT2D eigenvalue weighted by Crippen LogP contribution is 2.32. The topological polar surface area (TPSA) is 43.8 Å². The minimum atomic E-state index is -0.392. The zero-order valence-electron chi connectivity index (χ0n) is 11.2. The van der Waals surface area contributed by atoms with Gasteiger partial charge in [0.2, 0.25) is 0 Å². The van der Waals surface area contributed by atoms with Crippen LogP contribution in [0.2, 0.25) is 0 Å². The molecule has 0 bridgehead atoms. The van der Waals surface area contributed by atoms with E-state index >= 15 is 0 Å². The minimum Gasteiger partial charge on any atom is -0.396 e. The summed E-state index contributed by atoms with van der Waals surface area (Å²) >= 11 is 0. The molecule has 2 rings (SSSR count). The molecule has 0 fully saturated rings. The van der Waals surface area contributed by atoms with Gasteiger partial charge in [-0.25, -0.2) is 4.39 Å². The van der Waals surface area contributed by atoms with E-state index in [-0.39, 0.29) is 11.1 Å². The number of aryl methyl sites for hydroxylation is 1. The highest BCUT2D eigenvalue weighted by Gasteiger charge is 2.23. The smallest absolute Gasteiger partial charge is 0.146 e. The van der Waals surface area contributed by atoms with Gasteiger partial charge in [0.05, 0.1) is 11.4 Å². The molecule has 0 amide bonds. The van der Waals surface area contributed by atoms with E-state index in [0.29, 0.717) is 0 Å². The summed E-state index contributed by atoms with van der Waals surface area (Å²) < 4.78 is 15.3. The number of aromatic nitrogens is 2. The van der Waals surface area contributed by atoms with Crippen molar-refractivity contribution in [1.82, 2.24) is 9.78 Å². The fourth-order valence-electron chi connectivity index (χ4n) is 1.95. The molecule has 96 valence electrons. The van der Waals surface area contributed by atoms with E-state index in [1.54, 1.807) is 10.7 Å². The Morgan fingerprint density at radius 1 is 1.28 bits per heavy atom. The normalized spacial score (nSPS) is 11.8. The second-order valence-electron chi connectivity index (χ2n) is 5.55. The average molecular weight is 247 g/mol. The molecule has 0 aliphatic carbocycles. The molecule has 18 heavy (non-hydrogen) atoms. The van der Waals surface area contributed by atoms with Crippen LogP contribution in [-0.2, 0) is 12.5 Å². The van der Waals surface area contributed by atoms with Crippen LogP contribution in [0, 0.1) is 5.82 Å². The predicted octanol–water partition coefficient (Wildman–Crippen LogP) is 3.11. The molecule has 0 saturated heterocycles. The van der Waals surface area contributed by atoms with Gasteiger partial charge >= 0.3 is 0 Å². The zero-order valence-corrected chi connectivity index (χ0v) is 11.2. The first-order valence-corrected chi connectivity index (χ1v) is 5.88. The first-order valence-electron chi connectivity index (χ1n) is 5.88. The maximum absolute atomic E-state index is 13.5. The monoisotopic (exact) mass is 247 g/mol. The maximum atomic E-state index is 13.5. The van der Waals surface area contributed by atoms with E-state index in [1.807, 2.05) is 19.3 Å². The summed E-state index contributed by atoms with van der Waals surface area (Å²) in [6.07, 6.45) is 1.91. The molecule has 2 N–H and O–H groups in total. The number of rotatable bonds is 1. The van der Waals surface area contributed by atoms with Crippen LogP contribution in [0.5, 0.6) is 0 Å². The van der Waals surface area contributed by atoms with Gasteiger partial charge in [-0.1, -0.05) is 26.8 Å². The molecule has 0 spiro atoms. The largest absolute Gasteiger partial charge is 0.396 e. The lowest BCUT2D eigenvalue weighted by Crippen LogP contribution is -2.13. The van der Waals surface area contributed by atoms with E-state index in [9.17, 15) is 4.39 Å². The molecule has 2 aromatic rings. The third kappa shape index (κ3) is 2.23. The van der Waals surface area contributed by atoms with Crippen LogP contribution in [0.15, 0.2) is 24.4 Å². The Morgan fingerprint density at radius 2 is 1.94 bits per heavy atom. The standard InChI is InChI=1S/C14H18FN3/c1-14(2,3)13-10(8-18(4)17-13)9-5-6-12(16)11(15)7-9/h5-8H,16H2,1-4H3.